The molecule has 0 bridgehead atoms. The van der Waals surface area contributed by atoms with Gasteiger partial charge in [-0.1, -0.05) is 97.1 Å². The third-order valence-corrected chi connectivity index (χ3v) is 9.44. The van der Waals surface area contributed by atoms with E-state index < -0.39 is 0 Å². The Labute approximate surface area is 268 Å². The fourth-order valence-corrected chi connectivity index (χ4v) is 7.34. The maximum atomic E-state index is 9.80. The molecule has 0 spiro atoms. The summed E-state index contributed by atoms with van der Waals surface area (Å²) in [5.74, 6) is 0. The largest absolute Gasteiger partial charge is 0.456 e. The highest BCUT2D eigenvalue weighted by Gasteiger charge is 2.22. The summed E-state index contributed by atoms with van der Waals surface area (Å²) in [6.07, 6.45) is 0. The molecule has 0 atom stereocenters. The minimum absolute atomic E-state index is 0.618. The van der Waals surface area contributed by atoms with Gasteiger partial charge in [-0.15, -0.1) is 0 Å². The molecular formula is C43H24N2O2. The second-order valence-corrected chi connectivity index (χ2v) is 12.0. The first-order valence-electron chi connectivity index (χ1n) is 15.7. The van der Waals surface area contributed by atoms with Crippen LogP contribution in [0.5, 0.6) is 0 Å². The van der Waals surface area contributed by atoms with Crippen LogP contribution in [0.3, 0.4) is 0 Å². The summed E-state index contributed by atoms with van der Waals surface area (Å²) in [5, 5.41) is 16.3. The van der Waals surface area contributed by atoms with Crippen LogP contribution in [-0.4, -0.2) is 4.57 Å². The quantitative estimate of drug-likeness (QED) is 0.203. The van der Waals surface area contributed by atoms with E-state index in [9.17, 15) is 5.26 Å². The third kappa shape index (κ3) is 3.69. The van der Waals surface area contributed by atoms with Crippen LogP contribution in [0.1, 0.15) is 5.56 Å². The average Bonchev–Trinajstić information content (AvgIpc) is 3.81. The number of rotatable bonds is 3. The van der Waals surface area contributed by atoms with Gasteiger partial charge in [0.05, 0.1) is 28.4 Å². The Morgan fingerprint density at radius 3 is 2.09 bits per heavy atom. The molecule has 10 aromatic rings. The Kier molecular flexibility index (Phi) is 5.32. The summed E-state index contributed by atoms with van der Waals surface area (Å²) in [6.45, 7) is 0. The molecule has 7 aromatic carbocycles. The van der Waals surface area contributed by atoms with Crippen molar-refractivity contribution < 1.29 is 8.83 Å². The van der Waals surface area contributed by atoms with Crippen molar-refractivity contribution in [3.05, 3.63) is 151 Å². The van der Waals surface area contributed by atoms with Crippen LogP contribution in [0.4, 0.5) is 0 Å². The molecule has 10 rings (SSSR count). The van der Waals surface area contributed by atoms with Gasteiger partial charge in [0.1, 0.15) is 16.7 Å². The molecule has 0 N–H and O–H groups in total. The van der Waals surface area contributed by atoms with Crippen LogP contribution in [-0.2, 0) is 0 Å². The first kappa shape index (κ1) is 25.7. The molecule has 0 fully saturated rings. The topological polar surface area (TPSA) is 55.0 Å². The van der Waals surface area contributed by atoms with Gasteiger partial charge in [-0.2, -0.15) is 5.26 Å². The lowest BCUT2D eigenvalue weighted by molar-refractivity contribution is 0.667. The molecule has 3 heterocycles. The molecule has 47 heavy (non-hydrogen) atoms. The van der Waals surface area contributed by atoms with Crippen LogP contribution < -0.4 is 0 Å². The van der Waals surface area contributed by atoms with E-state index in [1.165, 1.54) is 0 Å². The van der Waals surface area contributed by atoms with Gasteiger partial charge in [-0.3, -0.25) is 0 Å². The summed E-state index contributed by atoms with van der Waals surface area (Å²) in [5.41, 5.74) is 11.2. The zero-order valence-electron chi connectivity index (χ0n) is 25.1. The monoisotopic (exact) mass is 600 g/mol. The van der Waals surface area contributed by atoms with Crippen molar-refractivity contribution in [1.82, 2.24) is 4.57 Å². The summed E-state index contributed by atoms with van der Waals surface area (Å²) < 4.78 is 15.6. The van der Waals surface area contributed by atoms with E-state index in [-0.39, 0.29) is 0 Å². The van der Waals surface area contributed by atoms with E-state index in [2.05, 4.69) is 114 Å². The second-order valence-electron chi connectivity index (χ2n) is 12.0. The van der Waals surface area contributed by atoms with Gasteiger partial charge in [-0.05, 0) is 65.2 Å². The van der Waals surface area contributed by atoms with Crippen LogP contribution in [0.2, 0.25) is 0 Å². The maximum Gasteiger partial charge on any atom is 0.159 e. The van der Waals surface area contributed by atoms with Crippen LogP contribution in [0.15, 0.2) is 154 Å². The van der Waals surface area contributed by atoms with Crippen molar-refractivity contribution in [2.45, 2.75) is 0 Å². The molecule has 0 amide bonds. The van der Waals surface area contributed by atoms with Crippen molar-refractivity contribution in [2.75, 3.05) is 0 Å². The van der Waals surface area contributed by atoms with Crippen molar-refractivity contribution in [1.29, 1.82) is 5.26 Å². The molecule has 0 aliphatic rings. The molecule has 3 aromatic heterocycles. The van der Waals surface area contributed by atoms with Crippen LogP contribution in [0, 0.1) is 11.3 Å². The first-order valence-corrected chi connectivity index (χ1v) is 15.7. The number of para-hydroxylation sites is 3. The Balaban J connectivity index is 1.31. The van der Waals surface area contributed by atoms with Crippen molar-refractivity contribution in [2.24, 2.45) is 0 Å². The molecule has 0 saturated heterocycles. The molecule has 0 radical (unpaired) electrons. The summed E-state index contributed by atoms with van der Waals surface area (Å²) >= 11 is 0. The lowest BCUT2D eigenvalue weighted by atomic mass is 9.94. The summed E-state index contributed by atoms with van der Waals surface area (Å²) in [7, 11) is 0. The predicted molar refractivity (Wildman–Crippen MR) is 191 cm³/mol. The van der Waals surface area contributed by atoms with Crippen molar-refractivity contribution in [3.8, 4) is 34.0 Å². The van der Waals surface area contributed by atoms with Gasteiger partial charge in [0.15, 0.2) is 5.58 Å². The average molecular weight is 601 g/mol. The molecule has 4 heteroatoms. The van der Waals surface area contributed by atoms with Crippen LogP contribution >= 0.6 is 0 Å². The second kappa shape index (κ2) is 9.71. The number of hydrogen-bond acceptors (Lipinski definition) is 3. The van der Waals surface area contributed by atoms with Crippen molar-refractivity contribution in [3.63, 3.8) is 0 Å². The number of hydrogen-bond donors (Lipinski definition) is 0. The minimum Gasteiger partial charge on any atom is -0.456 e. The van der Waals surface area contributed by atoms with E-state index in [1.807, 2.05) is 42.5 Å². The highest BCUT2D eigenvalue weighted by molar-refractivity contribution is 6.19. The fraction of sp³-hybridized carbons (Fsp3) is 0. The number of nitrogens with zero attached hydrogens (tertiary/aromatic N) is 2. The number of furan rings is 2. The Bertz CT molecular complexity index is 2920. The van der Waals surface area contributed by atoms with E-state index >= 15 is 0 Å². The summed E-state index contributed by atoms with van der Waals surface area (Å²) in [4.78, 5) is 0. The standard InChI is InChI=1S/C43H24N2O2/c44-25-26-17-19-32-31-11-4-6-14-36(31)45(38(32)23-26)37-15-8-13-35-41-29(21-22-30(43(41)47-42(35)37)27-9-2-1-3-10-27)28-18-20-34-33-12-5-7-16-39(33)46-40(34)24-28/h1-24H. The van der Waals surface area contributed by atoms with E-state index in [0.717, 1.165) is 93.6 Å². The molecular weight excluding hydrogens is 576 g/mol. The smallest absolute Gasteiger partial charge is 0.159 e. The Hall–Kier alpha value is -6.57. The van der Waals surface area contributed by atoms with Crippen molar-refractivity contribution >= 4 is 65.7 Å². The zero-order chi connectivity index (χ0) is 31.1. The minimum atomic E-state index is 0.618. The number of nitriles is 1. The van der Waals surface area contributed by atoms with Gasteiger partial charge in [-0.25, -0.2) is 0 Å². The fourth-order valence-electron chi connectivity index (χ4n) is 7.34. The lowest BCUT2D eigenvalue weighted by Crippen LogP contribution is -1.94. The number of benzene rings is 7. The number of fused-ring (bicyclic) bond motifs is 9. The SMILES string of the molecule is N#Cc1ccc2c3ccccc3n(-c3cccc4c3oc3c(-c5ccccc5)ccc(-c5ccc6c(c5)oc5ccccc56)c34)c2c1. The molecule has 0 unspecified atom stereocenters. The Morgan fingerprint density at radius 1 is 0.468 bits per heavy atom. The third-order valence-electron chi connectivity index (χ3n) is 9.44. The molecule has 218 valence electrons. The van der Waals surface area contributed by atoms with Gasteiger partial charge in [0.25, 0.3) is 0 Å². The number of aromatic nitrogens is 1. The molecule has 0 aliphatic heterocycles. The van der Waals surface area contributed by atoms with E-state index in [4.69, 9.17) is 8.83 Å². The highest BCUT2D eigenvalue weighted by Crippen LogP contribution is 2.45. The van der Waals surface area contributed by atoms with Gasteiger partial charge < -0.3 is 13.4 Å². The van der Waals surface area contributed by atoms with E-state index in [1.54, 1.807) is 0 Å². The van der Waals surface area contributed by atoms with Crippen LogP contribution in [0.25, 0.3) is 93.6 Å². The van der Waals surface area contributed by atoms with Gasteiger partial charge in [0.2, 0.25) is 0 Å². The van der Waals surface area contributed by atoms with Gasteiger partial charge in [0, 0.05) is 37.9 Å². The maximum absolute atomic E-state index is 9.80. The Morgan fingerprint density at radius 2 is 1.19 bits per heavy atom. The molecule has 0 saturated carbocycles. The normalized spacial score (nSPS) is 11.8. The van der Waals surface area contributed by atoms with E-state index in [0.29, 0.717) is 5.56 Å². The first-order chi connectivity index (χ1) is 23.3. The van der Waals surface area contributed by atoms with Gasteiger partial charge >= 0.3 is 0 Å². The zero-order valence-corrected chi connectivity index (χ0v) is 25.1. The summed E-state index contributed by atoms with van der Waals surface area (Å²) in [6, 6.07) is 52.4. The highest BCUT2D eigenvalue weighted by atomic mass is 16.3. The predicted octanol–water partition coefficient (Wildman–Crippen LogP) is 11.8. The molecule has 0 aliphatic carbocycles. The lowest BCUT2D eigenvalue weighted by Gasteiger charge is -2.09. The molecule has 4 nitrogen and oxygen atoms in total.